The molecule has 1 aromatic heterocycles. The standard InChI is InChI=1S/C12H7BrClFOS/c13-8-5-7(1-2-10(8)15)6-11(16)12-9(14)3-4-17-12/h1-5H,6H2. The van der Waals surface area contributed by atoms with Gasteiger partial charge < -0.3 is 0 Å². The van der Waals surface area contributed by atoms with E-state index in [1.54, 1.807) is 23.6 Å². The highest BCUT2D eigenvalue weighted by Gasteiger charge is 2.13. The van der Waals surface area contributed by atoms with Crippen molar-refractivity contribution in [2.24, 2.45) is 0 Å². The van der Waals surface area contributed by atoms with Crippen molar-refractivity contribution in [3.63, 3.8) is 0 Å². The molecule has 0 spiro atoms. The summed E-state index contributed by atoms with van der Waals surface area (Å²) >= 11 is 10.3. The summed E-state index contributed by atoms with van der Waals surface area (Å²) in [4.78, 5) is 12.5. The monoisotopic (exact) mass is 332 g/mol. The fourth-order valence-corrected chi connectivity index (χ4v) is 2.94. The van der Waals surface area contributed by atoms with E-state index in [1.165, 1.54) is 17.4 Å². The number of thiophene rings is 1. The van der Waals surface area contributed by atoms with Crippen molar-refractivity contribution in [2.75, 3.05) is 0 Å². The molecule has 5 heteroatoms. The van der Waals surface area contributed by atoms with E-state index >= 15 is 0 Å². The second kappa shape index (κ2) is 5.29. The summed E-state index contributed by atoms with van der Waals surface area (Å²) < 4.78 is 13.4. The first-order chi connectivity index (χ1) is 8.08. The van der Waals surface area contributed by atoms with Crippen LogP contribution < -0.4 is 0 Å². The highest BCUT2D eigenvalue weighted by molar-refractivity contribution is 9.10. The summed E-state index contributed by atoms with van der Waals surface area (Å²) in [6.07, 6.45) is 0.221. The maximum Gasteiger partial charge on any atom is 0.178 e. The molecule has 0 aliphatic rings. The van der Waals surface area contributed by atoms with E-state index in [-0.39, 0.29) is 18.0 Å². The van der Waals surface area contributed by atoms with Crippen LogP contribution in [-0.4, -0.2) is 5.78 Å². The summed E-state index contributed by atoms with van der Waals surface area (Å²) in [5.74, 6) is -0.390. The largest absolute Gasteiger partial charge is 0.293 e. The first-order valence-electron chi connectivity index (χ1n) is 4.78. The molecule has 88 valence electrons. The number of Topliss-reactive ketones (excluding diaryl/α,β-unsaturated/α-hetero) is 1. The van der Waals surface area contributed by atoms with Crippen LogP contribution in [0.25, 0.3) is 0 Å². The average molecular weight is 334 g/mol. The zero-order chi connectivity index (χ0) is 12.4. The summed E-state index contributed by atoms with van der Waals surface area (Å²) in [7, 11) is 0. The molecule has 1 nitrogen and oxygen atoms in total. The van der Waals surface area contributed by atoms with E-state index in [9.17, 15) is 9.18 Å². The molecule has 0 unspecified atom stereocenters. The lowest BCUT2D eigenvalue weighted by atomic mass is 10.1. The van der Waals surface area contributed by atoms with Gasteiger partial charge in [-0.05, 0) is 45.1 Å². The highest BCUT2D eigenvalue weighted by atomic mass is 79.9. The minimum Gasteiger partial charge on any atom is -0.293 e. The van der Waals surface area contributed by atoms with Crippen LogP contribution in [0.3, 0.4) is 0 Å². The van der Waals surface area contributed by atoms with Crippen LogP contribution in [0.1, 0.15) is 15.2 Å². The number of carbonyl (C=O) groups excluding carboxylic acids is 1. The van der Waals surface area contributed by atoms with E-state index in [0.29, 0.717) is 14.4 Å². The lowest BCUT2D eigenvalue weighted by molar-refractivity contribution is 0.0997. The molecule has 0 amide bonds. The number of halogens is 3. The second-order valence-corrected chi connectivity index (χ2v) is 5.62. The van der Waals surface area contributed by atoms with E-state index in [1.807, 2.05) is 0 Å². The summed E-state index contributed by atoms with van der Waals surface area (Å²) in [6.45, 7) is 0. The Bertz CT molecular complexity index is 567. The third-order valence-electron chi connectivity index (χ3n) is 2.22. The van der Waals surface area contributed by atoms with Crippen LogP contribution in [0.4, 0.5) is 4.39 Å². The minimum atomic E-state index is -0.338. The minimum absolute atomic E-state index is 0.0523. The van der Waals surface area contributed by atoms with E-state index < -0.39 is 0 Å². The predicted molar refractivity (Wildman–Crippen MR) is 71.5 cm³/mol. The number of benzene rings is 1. The molecule has 2 rings (SSSR count). The van der Waals surface area contributed by atoms with Crippen LogP contribution in [-0.2, 0) is 6.42 Å². The molecule has 0 atom stereocenters. The smallest absolute Gasteiger partial charge is 0.178 e. The van der Waals surface area contributed by atoms with Gasteiger partial charge in [0.1, 0.15) is 5.82 Å². The van der Waals surface area contributed by atoms with Crippen LogP contribution in [0.2, 0.25) is 5.02 Å². The third-order valence-corrected chi connectivity index (χ3v) is 4.21. The van der Waals surface area contributed by atoms with Gasteiger partial charge in [0.15, 0.2) is 5.78 Å². The Labute approximate surface area is 115 Å². The molecule has 2 aromatic rings. The first-order valence-corrected chi connectivity index (χ1v) is 6.83. The summed E-state index contributed by atoms with van der Waals surface area (Å²) in [5, 5.41) is 2.25. The molecule has 1 heterocycles. The zero-order valence-corrected chi connectivity index (χ0v) is 11.7. The quantitative estimate of drug-likeness (QED) is 0.742. The molecule has 0 bridgehead atoms. The van der Waals surface area contributed by atoms with Crippen molar-refractivity contribution < 1.29 is 9.18 Å². The van der Waals surface area contributed by atoms with Crippen molar-refractivity contribution in [3.05, 3.63) is 55.4 Å². The fraction of sp³-hybridized carbons (Fsp3) is 0.0833. The molecule has 0 aliphatic carbocycles. The highest BCUT2D eigenvalue weighted by Crippen LogP contribution is 2.24. The third kappa shape index (κ3) is 2.94. The maximum atomic E-state index is 13.0. The Morgan fingerprint density at radius 2 is 2.18 bits per heavy atom. The van der Waals surface area contributed by atoms with Crippen LogP contribution in [0.5, 0.6) is 0 Å². The predicted octanol–water partition coefficient (Wildman–Crippen LogP) is 4.73. The fourth-order valence-electron chi connectivity index (χ4n) is 1.41. The first kappa shape index (κ1) is 12.7. The molecule has 0 N–H and O–H groups in total. The zero-order valence-electron chi connectivity index (χ0n) is 8.54. The number of hydrogen-bond donors (Lipinski definition) is 0. The molecular formula is C12H7BrClFOS. The molecule has 1 aromatic carbocycles. The van der Waals surface area contributed by atoms with Gasteiger partial charge in [-0.1, -0.05) is 17.7 Å². The average Bonchev–Trinajstić information content (AvgIpc) is 2.70. The van der Waals surface area contributed by atoms with E-state index in [0.717, 1.165) is 5.56 Å². The van der Waals surface area contributed by atoms with Crippen molar-refractivity contribution >= 4 is 44.7 Å². The van der Waals surface area contributed by atoms with E-state index in [4.69, 9.17) is 11.6 Å². The van der Waals surface area contributed by atoms with Gasteiger partial charge in [-0.3, -0.25) is 4.79 Å². The van der Waals surface area contributed by atoms with Gasteiger partial charge in [0.2, 0.25) is 0 Å². The van der Waals surface area contributed by atoms with Crippen molar-refractivity contribution in [2.45, 2.75) is 6.42 Å². The molecule has 0 aliphatic heterocycles. The van der Waals surface area contributed by atoms with E-state index in [2.05, 4.69) is 15.9 Å². The molecule has 0 saturated carbocycles. The Morgan fingerprint density at radius 3 is 2.76 bits per heavy atom. The molecule has 0 saturated heterocycles. The topological polar surface area (TPSA) is 17.1 Å². The summed E-state index contributed by atoms with van der Waals surface area (Å²) in [5.41, 5.74) is 0.757. The Morgan fingerprint density at radius 1 is 1.41 bits per heavy atom. The molecular weight excluding hydrogens is 327 g/mol. The van der Waals surface area contributed by atoms with Gasteiger partial charge in [-0.25, -0.2) is 4.39 Å². The SMILES string of the molecule is O=C(Cc1ccc(F)c(Br)c1)c1sccc1Cl. The van der Waals surface area contributed by atoms with Crippen molar-refractivity contribution in [3.8, 4) is 0 Å². The van der Waals surface area contributed by atoms with Gasteiger partial charge in [-0.15, -0.1) is 11.3 Å². The normalized spacial score (nSPS) is 10.5. The molecule has 17 heavy (non-hydrogen) atoms. The van der Waals surface area contributed by atoms with Crippen LogP contribution >= 0.6 is 38.9 Å². The Balaban J connectivity index is 2.19. The number of hydrogen-bond acceptors (Lipinski definition) is 2. The second-order valence-electron chi connectivity index (χ2n) is 3.45. The lowest BCUT2D eigenvalue weighted by Gasteiger charge is -2.01. The molecule has 0 radical (unpaired) electrons. The number of carbonyl (C=O) groups is 1. The van der Waals surface area contributed by atoms with Crippen LogP contribution in [0.15, 0.2) is 34.1 Å². The summed E-state index contributed by atoms with van der Waals surface area (Å²) in [6, 6.07) is 6.23. The maximum absolute atomic E-state index is 13.0. The lowest BCUT2D eigenvalue weighted by Crippen LogP contribution is -2.02. The number of rotatable bonds is 3. The Hall–Kier alpha value is -0.710. The Kier molecular flexibility index (Phi) is 3.97. The number of ketones is 1. The van der Waals surface area contributed by atoms with Crippen molar-refractivity contribution in [1.29, 1.82) is 0 Å². The van der Waals surface area contributed by atoms with Gasteiger partial charge in [0.05, 0.1) is 14.4 Å². The molecule has 0 fully saturated rings. The van der Waals surface area contributed by atoms with Gasteiger partial charge in [0.25, 0.3) is 0 Å². The van der Waals surface area contributed by atoms with Gasteiger partial charge in [-0.2, -0.15) is 0 Å². The van der Waals surface area contributed by atoms with Crippen molar-refractivity contribution in [1.82, 2.24) is 0 Å². The van der Waals surface area contributed by atoms with Gasteiger partial charge in [0, 0.05) is 6.42 Å². The van der Waals surface area contributed by atoms with Crippen LogP contribution in [0, 0.1) is 5.82 Å². The van der Waals surface area contributed by atoms with Gasteiger partial charge >= 0.3 is 0 Å².